The van der Waals surface area contributed by atoms with Gasteiger partial charge in [-0.15, -0.1) is 0 Å². The van der Waals surface area contributed by atoms with Crippen LogP contribution in [0, 0.1) is 6.92 Å². The molecule has 3 rings (SSSR count). The number of oxazole rings is 1. The maximum atomic E-state index is 5.51. The van der Waals surface area contributed by atoms with Crippen LogP contribution in [-0.2, 0) is 13.1 Å². The van der Waals surface area contributed by atoms with Crippen LogP contribution in [0.25, 0.3) is 10.9 Å². The second kappa shape index (κ2) is 6.59. The molecule has 4 heteroatoms. The number of aromatic nitrogens is 2. The lowest BCUT2D eigenvalue weighted by Crippen LogP contribution is -2.23. The van der Waals surface area contributed by atoms with Gasteiger partial charge in [0, 0.05) is 36.8 Å². The zero-order valence-electron chi connectivity index (χ0n) is 14.4. The van der Waals surface area contributed by atoms with Crippen molar-refractivity contribution >= 4 is 10.9 Å². The van der Waals surface area contributed by atoms with E-state index < -0.39 is 0 Å². The first-order valence-corrected chi connectivity index (χ1v) is 8.22. The van der Waals surface area contributed by atoms with Gasteiger partial charge in [0.05, 0.1) is 5.69 Å². The Bertz CT molecular complexity index is 785. The summed E-state index contributed by atoms with van der Waals surface area (Å²) in [5, 5.41) is 1.31. The highest BCUT2D eigenvalue weighted by Gasteiger charge is 2.10. The molecule has 1 aromatic carbocycles. The quantitative estimate of drug-likeness (QED) is 0.684. The van der Waals surface area contributed by atoms with E-state index in [2.05, 4.69) is 72.6 Å². The molecule has 0 saturated carbocycles. The smallest absolute Gasteiger partial charge is 0.196 e. The Morgan fingerprint density at radius 1 is 1.26 bits per heavy atom. The number of benzene rings is 1. The van der Waals surface area contributed by atoms with Gasteiger partial charge in [0.15, 0.2) is 5.89 Å². The van der Waals surface area contributed by atoms with E-state index in [1.54, 1.807) is 6.26 Å². The molecule has 0 spiro atoms. The molecule has 0 bridgehead atoms. The maximum Gasteiger partial charge on any atom is 0.196 e. The van der Waals surface area contributed by atoms with Crippen molar-refractivity contribution < 1.29 is 4.42 Å². The molecule has 0 amide bonds. The fourth-order valence-corrected chi connectivity index (χ4v) is 2.93. The minimum Gasteiger partial charge on any atom is -0.448 e. The Morgan fingerprint density at radius 2 is 2.04 bits per heavy atom. The Balaban J connectivity index is 1.63. The molecule has 122 valence electrons. The average molecular weight is 311 g/mol. The van der Waals surface area contributed by atoms with Crippen molar-refractivity contribution in [2.24, 2.45) is 0 Å². The standard InChI is InChI=1S/C19H25N3O/c1-14(2)19-20-17(13-23-19)12-21(4)9-10-22-15(3)11-16-7-5-6-8-18(16)22/h5-8,11,13-14H,9-10,12H2,1-4H3. The number of para-hydroxylation sites is 1. The number of rotatable bonds is 6. The van der Waals surface area contributed by atoms with Crippen molar-refractivity contribution in [3.8, 4) is 0 Å². The van der Waals surface area contributed by atoms with Crippen molar-refractivity contribution in [1.29, 1.82) is 0 Å². The molecular weight excluding hydrogens is 286 g/mol. The van der Waals surface area contributed by atoms with Crippen LogP contribution in [0.5, 0.6) is 0 Å². The monoisotopic (exact) mass is 311 g/mol. The van der Waals surface area contributed by atoms with Gasteiger partial charge >= 0.3 is 0 Å². The molecule has 4 nitrogen and oxygen atoms in total. The molecule has 0 fully saturated rings. The van der Waals surface area contributed by atoms with E-state index in [1.165, 1.54) is 16.6 Å². The third kappa shape index (κ3) is 3.48. The largest absolute Gasteiger partial charge is 0.448 e. The second-order valence-electron chi connectivity index (χ2n) is 6.57. The highest BCUT2D eigenvalue weighted by molar-refractivity contribution is 5.81. The lowest BCUT2D eigenvalue weighted by Gasteiger charge is -2.17. The molecule has 0 atom stereocenters. The first kappa shape index (κ1) is 15.8. The van der Waals surface area contributed by atoms with Crippen LogP contribution in [-0.4, -0.2) is 28.0 Å². The Hall–Kier alpha value is -2.07. The number of hydrogen-bond donors (Lipinski definition) is 0. The van der Waals surface area contributed by atoms with Gasteiger partial charge < -0.3 is 8.98 Å². The Labute approximate surface area is 137 Å². The van der Waals surface area contributed by atoms with E-state index in [4.69, 9.17) is 4.42 Å². The van der Waals surface area contributed by atoms with Gasteiger partial charge in [-0.1, -0.05) is 32.0 Å². The summed E-state index contributed by atoms with van der Waals surface area (Å²) in [6.45, 7) is 9.13. The SMILES string of the molecule is Cc1cc2ccccc2n1CCN(C)Cc1coc(C(C)C)n1. The molecule has 0 unspecified atom stereocenters. The molecule has 0 saturated heterocycles. The molecular formula is C19H25N3O. The van der Waals surface area contributed by atoms with Crippen LogP contribution < -0.4 is 0 Å². The predicted octanol–water partition coefficient (Wildman–Crippen LogP) is 4.19. The van der Waals surface area contributed by atoms with Crippen LogP contribution in [0.4, 0.5) is 0 Å². The summed E-state index contributed by atoms with van der Waals surface area (Å²) in [7, 11) is 2.13. The molecule has 0 radical (unpaired) electrons. The van der Waals surface area contributed by atoms with Crippen LogP contribution in [0.15, 0.2) is 41.0 Å². The molecule has 2 heterocycles. The molecule has 3 aromatic rings. The molecule has 23 heavy (non-hydrogen) atoms. The Kier molecular flexibility index (Phi) is 4.53. The van der Waals surface area contributed by atoms with Gasteiger partial charge in [-0.3, -0.25) is 4.90 Å². The zero-order chi connectivity index (χ0) is 16.4. The molecule has 0 N–H and O–H groups in total. The number of nitrogens with zero attached hydrogens (tertiary/aromatic N) is 3. The fraction of sp³-hybridized carbons (Fsp3) is 0.421. The summed E-state index contributed by atoms with van der Waals surface area (Å²) in [5.74, 6) is 1.16. The average Bonchev–Trinajstić information content (AvgIpc) is 3.09. The van der Waals surface area contributed by atoms with Crippen molar-refractivity contribution in [3.05, 3.63) is 53.9 Å². The normalized spacial score (nSPS) is 11.9. The number of hydrogen-bond acceptors (Lipinski definition) is 3. The Morgan fingerprint density at radius 3 is 2.78 bits per heavy atom. The minimum atomic E-state index is 0.336. The molecule has 0 aliphatic rings. The maximum absolute atomic E-state index is 5.51. The van der Waals surface area contributed by atoms with Crippen molar-refractivity contribution in [2.75, 3.05) is 13.6 Å². The zero-order valence-corrected chi connectivity index (χ0v) is 14.4. The van der Waals surface area contributed by atoms with E-state index in [9.17, 15) is 0 Å². The van der Waals surface area contributed by atoms with Gasteiger partial charge in [-0.05, 0) is 31.5 Å². The van der Waals surface area contributed by atoms with Gasteiger partial charge in [-0.2, -0.15) is 0 Å². The number of aryl methyl sites for hydroxylation is 1. The van der Waals surface area contributed by atoms with Crippen molar-refractivity contribution in [1.82, 2.24) is 14.5 Å². The second-order valence-corrected chi connectivity index (χ2v) is 6.57. The summed E-state index contributed by atoms with van der Waals surface area (Å²) in [6.07, 6.45) is 1.78. The van der Waals surface area contributed by atoms with Crippen molar-refractivity contribution in [2.45, 2.75) is 39.8 Å². The summed E-state index contributed by atoms with van der Waals surface area (Å²) in [6, 6.07) is 10.8. The van der Waals surface area contributed by atoms with Crippen molar-refractivity contribution in [3.63, 3.8) is 0 Å². The fourth-order valence-electron chi connectivity index (χ4n) is 2.93. The predicted molar refractivity (Wildman–Crippen MR) is 93.6 cm³/mol. The molecule has 2 aromatic heterocycles. The topological polar surface area (TPSA) is 34.2 Å². The highest BCUT2D eigenvalue weighted by Crippen LogP contribution is 2.19. The van der Waals surface area contributed by atoms with E-state index in [1.807, 2.05) is 0 Å². The van der Waals surface area contributed by atoms with Crippen LogP contribution in [0.2, 0.25) is 0 Å². The highest BCUT2D eigenvalue weighted by atomic mass is 16.3. The first-order chi connectivity index (χ1) is 11.0. The summed E-state index contributed by atoms with van der Waals surface area (Å²) < 4.78 is 7.89. The molecule has 0 aliphatic carbocycles. The van der Waals surface area contributed by atoms with E-state index in [0.29, 0.717) is 5.92 Å². The van der Waals surface area contributed by atoms with Crippen LogP contribution in [0.1, 0.15) is 37.0 Å². The van der Waals surface area contributed by atoms with Crippen LogP contribution in [0.3, 0.4) is 0 Å². The van der Waals surface area contributed by atoms with E-state index in [0.717, 1.165) is 31.2 Å². The minimum absolute atomic E-state index is 0.336. The first-order valence-electron chi connectivity index (χ1n) is 8.22. The van der Waals surface area contributed by atoms with Gasteiger partial charge in [0.25, 0.3) is 0 Å². The van der Waals surface area contributed by atoms with Crippen LogP contribution >= 0.6 is 0 Å². The summed E-state index contributed by atoms with van der Waals surface area (Å²) >= 11 is 0. The lowest BCUT2D eigenvalue weighted by atomic mass is 10.2. The van der Waals surface area contributed by atoms with Gasteiger partial charge in [-0.25, -0.2) is 4.98 Å². The van der Waals surface area contributed by atoms with Gasteiger partial charge in [0.1, 0.15) is 6.26 Å². The van der Waals surface area contributed by atoms with E-state index in [-0.39, 0.29) is 0 Å². The number of likely N-dealkylation sites (N-methyl/N-ethyl adjacent to an activating group) is 1. The molecule has 0 aliphatic heterocycles. The third-order valence-corrected chi connectivity index (χ3v) is 4.22. The third-order valence-electron chi connectivity index (χ3n) is 4.22. The van der Waals surface area contributed by atoms with E-state index >= 15 is 0 Å². The summed E-state index contributed by atoms with van der Waals surface area (Å²) in [4.78, 5) is 6.83. The summed E-state index contributed by atoms with van der Waals surface area (Å²) in [5.41, 5.74) is 3.62. The lowest BCUT2D eigenvalue weighted by molar-refractivity contribution is 0.308. The number of fused-ring (bicyclic) bond motifs is 1. The van der Waals surface area contributed by atoms with Gasteiger partial charge in [0.2, 0.25) is 0 Å².